The smallest absolute Gasteiger partial charge is 0.312 e. The van der Waals surface area contributed by atoms with Gasteiger partial charge < -0.3 is 24.4 Å². The summed E-state index contributed by atoms with van der Waals surface area (Å²) in [7, 11) is 0. The summed E-state index contributed by atoms with van der Waals surface area (Å²) in [6, 6.07) is 8.17. The van der Waals surface area contributed by atoms with Crippen molar-refractivity contribution in [2.75, 3.05) is 19.8 Å². The molecule has 0 radical (unpaired) electrons. The van der Waals surface area contributed by atoms with Crippen molar-refractivity contribution in [1.82, 2.24) is 9.80 Å². The first kappa shape index (κ1) is 29.5. The number of rotatable bonds is 13. The number of fused-ring (bicyclic) bond motifs is 1. The number of unbranched alkanes of at least 4 members (excludes halogenated alkanes) is 1. The number of carbonyl (C=O) groups excluding carboxylic acids is 3. The predicted octanol–water partition coefficient (Wildman–Crippen LogP) is 3.82. The van der Waals surface area contributed by atoms with E-state index in [0.29, 0.717) is 32.2 Å². The van der Waals surface area contributed by atoms with Gasteiger partial charge in [-0.3, -0.25) is 14.4 Å². The molecule has 2 bridgehead atoms. The number of hydrogen-bond acceptors (Lipinski definition) is 6. The fraction of sp³-hybridized carbons (Fsp3) is 0.606. The van der Waals surface area contributed by atoms with Gasteiger partial charge in [-0.2, -0.15) is 0 Å². The molecule has 0 aromatic heterocycles. The first-order valence-electron chi connectivity index (χ1n) is 15.3. The second kappa shape index (κ2) is 12.9. The molecular weight excluding hydrogens is 520 g/mol. The summed E-state index contributed by atoms with van der Waals surface area (Å²) < 4.78 is 12.2. The standard InChI is InChI=1S/C33H44N2O6/c1-3-5-12-20-40-32(39)27-26-17-18-33(41-26)28(27)30(37)35(25(22-36)21-23-13-8-6-9-14-23)29(33)31(38)34(19-4-2)24-15-10-7-11-16-24/h3-4,6,8-9,13-14,24-29,36H,1-2,5,7,10-12,15-22H2/t25-,26-,27+,28+,29?,33?/m1/s1. The third-order valence-electron chi connectivity index (χ3n) is 9.58. The van der Waals surface area contributed by atoms with Crippen LogP contribution in [0.1, 0.15) is 63.4 Å². The van der Waals surface area contributed by atoms with Gasteiger partial charge in [-0.25, -0.2) is 0 Å². The first-order chi connectivity index (χ1) is 20.0. The van der Waals surface area contributed by atoms with E-state index in [1.165, 1.54) is 0 Å². The molecule has 1 spiro atoms. The van der Waals surface area contributed by atoms with Gasteiger partial charge >= 0.3 is 5.97 Å². The van der Waals surface area contributed by atoms with E-state index in [1.807, 2.05) is 35.2 Å². The van der Waals surface area contributed by atoms with Crippen LogP contribution in [0.25, 0.3) is 0 Å². The van der Waals surface area contributed by atoms with Crippen LogP contribution >= 0.6 is 0 Å². The summed E-state index contributed by atoms with van der Waals surface area (Å²) in [5.74, 6) is -2.48. The van der Waals surface area contributed by atoms with E-state index in [1.54, 1.807) is 17.1 Å². The number of allylic oxidation sites excluding steroid dienone is 1. The Bertz CT molecular complexity index is 1120. The van der Waals surface area contributed by atoms with Crippen LogP contribution in [0.15, 0.2) is 55.6 Å². The highest BCUT2D eigenvalue weighted by Crippen LogP contribution is 2.59. The molecule has 4 aliphatic rings. The molecule has 3 heterocycles. The minimum absolute atomic E-state index is 0.0626. The molecule has 6 atom stereocenters. The van der Waals surface area contributed by atoms with Gasteiger partial charge in [0.05, 0.1) is 37.2 Å². The number of nitrogens with zero attached hydrogens (tertiary/aromatic N) is 2. The molecular formula is C33H44N2O6. The number of amides is 2. The van der Waals surface area contributed by atoms with Gasteiger partial charge in [-0.1, -0.05) is 61.7 Å². The highest BCUT2D eigenvalue weighted by molar-refractivity contribution is 5.98. The van der Waals surface area contributed by atoms with Gasteiger partial charge in [0.25, 0.3) is 0 Å². The molecule has 41 heavy (non-hydrogen) atoms. The Morgan fingerprint density at radius 3 is 2.59 bits per heavy atom. The van der Waals surface area contributed by atoms with Crippen LogP contribution in [0.4, 0.5) is 0 Å². The van der Waals surface area contributed by atoms with Gasteiger partial charge in [0.2, 0.25) is 11.8 Å². The van der Waals surface area contributed by atoms with Gasteiger partial charge in [-0.05, 0) is 50.5 Å². The highest BCUT2D eigenvalue weighted by atomic mass is 16.6. The maximum Gasteiger partial charge on any atom is 0.312 e. The van der Waals surface area contributed by atoms with Gasteiger partial charge in [0, 0.05) is 12.6 Å². The summed E-state index contributed by atoms with van der Waals surface area (Å²) in [6.07, 6.45) is 11.0. The lowest BCUT2D eigenvalue weighted by Crippen LogP contribution is -2.60. The van der Waals surface area contributed by atoms with Crippen LogP contribution in [0.5, 0.6) is 0 Å². The molecule has 4 fully saturated rings. The van der Waals surface area contributed by atoms with Crippen molar-refractivity contribution in [2.45, 2.75) is 94.0 Å². The molecule has 2 unspecified atom stereocenters. The van der Waals surface area contributed by atoms with Crippen LogP contribution in [-0.2, 0) is 30.3 Å². The van der Waals surface area contributed by atoms with Crippen molar-refractivity contribution in [2.24, 2.45) is 11.8 Å². The van der Waals surface area contributed by atoms with Crippen LogP contribution < -0.4 is 0 Å². The van der Waals surface area contributed by atoms with Crippen molar-refractivity contribution in [1.29, 1.82) is 0 Å². The molecule has 5 rings (SSSR count). The quantitative estimate of drug-likeness (QED) is 0.222. The van der Waals surface area contributed by atoms with E-state index >= 15 is 0 Å². The van der Waals surface area contributed by atoms with E-state index < -0.39 is 41.6 Å². The minimum Gasteiger partial charge on any atom is -0.465 e. The van der Waals surface area contributed by atoms with Crippen LogP contribution in [0.2, 0.25) is 0 Å². The van der Waals surface area contributed by atoms with Crippen LogP contribution in [0, 0.1) is 11.8 Å². The van der Waals surface area contributed by atoms with Crippen LogP contribution in [-0.4, -0.2) is 82.3 Å². The van der Waals surface area contributed by atoms with E-state index in [2.05, 4.69) is 13.2 Å². The lowest BCUT2D eigenvalue weighted by molar-refractivity contribution is -0.157. The second-order valence-corrected chi connectivity index (χ2v) is 12.0. The molecule has 1 N–H and O–H groups in total. The van der Waals surface area contributed by atoms with Crippen molar-refractivity contribution < 1.29 is 29.0 Å². The molecule has 3 saturated heterocycles. The molecule has 8 nitrogen and oxygen atoms in total. The molecule has 1 aliphatic carbocycles. The van der Waals surface area contributed by atoms with Gasteiger partial charge in [0.1, 0.15) is 11.6 Å². The van der Waals surface area contributed by atoms with Crippen molar-refractivity contribution in [3.05, 3.63) is 61.2 Å². The Morgan fingerprint density at radius 1 is 1.15 bits per heavy atom. The summed E-state index contributed by atoms with van der Waals surface area (Å²) >= 11 is 0. The van der Waals surface area contributed by atoms with Crippen molar-refractivity contribution in [3.8, 4) is 0 Å². The third-order valence-corrected chi connectivity index (χ3v) is 9.58. The van der Waals surface area contributed by atoms with Gasteiger partial charge in [0.15, 0.2) is 0 Å². The molecule has 222 valence electrons. The topological polar surface area (TPSA) is 96.4 Å². The number of ether oxygens (including phenoxy) is 2. The number of hydrogen-bond donors (Lipinski definition) is 1. The summed E-state index contributed by atoms with van der Waals surface area (Å²) in [5, 5.41) is 10.7. The number of esters is 1. The van der Waals surface area contributed by atoms with E-state index in [0.717, 1.165) is 44.1 Å². The zero-order valence-electron chi connectivity index (χ0n) is 24.0. The molecule has 2 amide bonds. The predicted molar refractivity (Wildman–Crippen MR) is 155 cm³/mol. The maximum absolute atomic E-state index is 14.7. The number of aliphatic hydroxyl groups excluding tert-OH is 1. The molecule has 8 heteroatoms. The number of carbonyl (C=O) groups is 3. The number of aliphatic hydroxyl groups is 1. The number of likely N-dealkylation sites (tertiary alicyclic amines) is 1. The first-order valence-corrected chi connectivity index (χ1v) is 15.3. The monoisotopic (exact) mass is 564 g/mol. The van der Waals surface area contributed by atoms with E-state index in [9.17, 15) is 19.5 Å². The highest BCUT2D eigenvalue weighted by Gasteiger charge is 2.75. The minimum atomic E-state index is -1.12. The summed E-state index contributed by atoms with van der Waals surface area (Å²) in [4.78, 5) is 46.0. The average Bonchev–Trinajstić information content (AvgIpc) is 3.65. The lowest BCUT2D eigenvalue weighted by atomic mass is 9.70. The fourth-order valence-corrected chi connectivity index (χ4v) is 7.77. The molecule has 1 saturated carbocycles. The fourth-order valence-electron chi connectivity index (χ4n) is 7.77. The van der Waals surface area contributed by atoms with E-state index in [4.69, 9.17) is 9.47 Å². The largest absolute Gasteiger partial charge is 0.465 e. The molecule has 1 aromatic carbocycles. The van der Waals surface area contributed by atoms with Crippen LogP contribution in [0.3, 0.4) is 0 Å². The Balaban J connectivity index is 1.51. The Hall–Kier alpha value is -2.97. The lowest BCUT2D eigenvalue weighted by Gasteiger charge is -2.42. The normalized spacial score (nSPS) is 29.7. The Morgan fingerprint density at radius 2 is 1.90 bits per heavy atom. The van der Waals surface area contributed by atoms with Crippen molar-refractivity contribution in [3.63, 3.8) is 0 Å². The number of benzene rings is 1. The average molecular weight is 565 g/mol. The summed E-state index contributed by atoms with van der Waals surface area (Å²) in [5.41, 5.74) is -0.166. The molecule has 1 aromatic rings. The van der Waals surface area contributed by atoms with Gasteiger partial charge in [-0.15, -0.1) is 13.2 Å². The zero-order chi connectivity index (χ0) is 29.0. The SMILES string of the molecule is C=CCCCOC(=O)[C@@H]1[C@H]2C(=O)N([C@@H](CO)Cc3ccccc3)C(C(=O)N(CC=C)C3CCCCC3)C23CC[C@H]1O3. The van der Waals surface area contributed by atoms with Crippen molar-refractivity contribution >= 4 is 17.8 Å². The third kappa shape index (κ3) is 5.48. The maximum atomic E-state index is 14.7. The molecule has 3 aliphatic heterocycles. The summed E-state index contributed by atoms with van der Waals surface area (Å²) in [6.45, 7) is 7.95. The Labute approximate surface area is 243 Å². The second-order valence-electron chi connectivity index (χ2n) is 12.0. The zero-order valence-corrected chi connectivity index (χ0v) is 24.0. The Kier molecular flexibility index (Phi) is 9.29. The van der Waals surface area contributed by atoms with E-state index in [-0.39, 0.29) is 31.1 Å².